The second-order valence-corrected chi connectivity index (χ2v) is 9.84. The zero-order valence-corrected chi connectivity index (χ0v) is 20.5. The van der Waals surface area contributed by atoms with E-state index in [1.54, 1.807) is 17.7 Å². The van der Waals surface area contributed by atoms with Crippen LogP contribution >= 0.6 is 0 Å². The van der Waals surface area contributed by atoms with Gasteiger partial charge in [0.1, 0.15) is 5.82 Å². The van der Waals surface area contributed by atoms with E-state index in [4.69, 9.17) is 0 Å². The van der Waals surface area contributed by atoms with E-state index >= 15 is 0 Å². The van der Waals surface area contributed by atoms with E-state index in [9.17, 15) is 4.39 Å². The second-order valence-electron chi connectivity index (χ2n) is 9.84. The zero-order chi connectivity index (χ0) is 24.3. The average molecular weight is 475 g/mol. The third-order valence-corrected chi connectivity index (χ3v) is 7.58. The van der Waals surface area contributed by atoms with Gasteiger partial charge in [-0.05, 0) is 71.9 Å². The normalized spacial score (nSPS) is 17.8. The van der Waals surface area contributed by atoms with Crippen molar-refractivity contribution < 1.29 is 4.39 Å². The summed E-state index contributed by atoms with van der Waals surface area (Å²) in [5.74, 6) is -0.189. The van der Waals surface area contributed by atoms with Gasteiger partial charge in [0.2, 0.25) is 0 Å². The van der Waals surface area contributed by atoms with E-state index in [-0.39, 0.29) is 5.82 Å². The molecular formula is C33H31FN2. The number of benzene rings is 4. The first-order valence-corrected chi connectivity index (χ1v) is 12.9. The van der Waals surface area contributed by atoms with E-state index in [2.05, 4.69) is 94.7 Å². The first-order valence-electron chi connectivity index (χ1n) is 12.9. The molecule has 0 aromatic heterocycles. The molecule has 2 nitrogen and oxygen atoms in total. The zero-order valence-electron chi connectivity index (χ0n) is 20.5. The minimum atomic E-state index is -0.189. The molecule has 3 heteroatoms. The summed E-state index contributed by atoms with van der Waals surface area (Å²) in [5, 5.41) is 0. The van der Waals surface area contributed by atoms with Gasteiger partial charge < -0.3 is 9.80 Å². The number of anilines is 2. The Hall–Kier alpha value is -3.69. The smallest absolute Gasteiger partial charge is 0.123 e. The standard InChI is InChI=1S/C33H31FN2/c34-29-15-17-30(18-16-29)36-31(23-28-13-7-8-14-32(28)36)24-35-21-19-27(20-22-35)33(25-9-3-1-4-10-25)26-11-5-2-6-12-26/h1-18,31H,19-24H2. The summed E-state index contributed by atoms with van der Waals surface area (Å²) in [6.45, 7) is 3.12. The van der Waals surface area contributed by atoms with Crippen LogP contribution in [0.1, 0.15) is 29.5 Å². The van der Waals surface area contributed by atoms with Gasteiger partial charge in [-0.2, -0.15) is 0 Å². The molecule has 1 unspecified atom stereocenters. The predicted octanol–water partition coefficient (Wildman–Crippen LogP) is 7.49. The summed E-state index contributed by atoms with van der Waals surface area (Å²) >= 11 is 0. The van der Waals surface area contributed by atoms with Crippen molar-refractivity contribution in [2.24, 2.45) is 0 Å². The minimum absolute atomic E-state index is 0.189. The molecule has 1 saturated heterocycles. The third-order valence-electron chi connectivity index (χ3n) is 7.58. The topological polar surface area (TPSA) is 6.48 Å². The summed E-state index contributed by atoms with van der Waals surface area (Å²) in [5.41, 5.74) is 9.26. The minimum Gasteiger partial charge on any atom is -0.337 e. The molecule has 4 aromatic rings. The van der Waals surface area contributed by atoms with E-state index in [0.717, 1.165) is 44.6 Å². The van der Waals surface area contributed by atoms with Crippen molar-refractivity contribution >= 4 is 16.9 Å². The lowest BCUT2D eigenvalue weighted by molar-refractivity contribution is 0.242. The van der Waals surface area contributed by atoms with Crippen LogP contribution in [0.25, 0.3) is 5.57 Å². The summed E-state index contributed by atoms with van der Waals surface area (Å²) in [6.07, 6.45) is 3.18. The van der Waals surface area contributed by atoms with Crippen LogP contribution in [-0.2, 0) is 6.42 Å². The molecule has 0 bridgehead atoms. The van der Waals surface area contributed by atoms with Crippen molar-refractivity contribution in [2.75, 3.05) is 24.5 Å². The van der Waals surface area contributed by atoms with Crippen molar-refractivity contribution in [3.8, 4) is 0 Å². The Bertz CT molecular complexity index is 1290. The van der Waals surface area contributed by atoms with Crippen LogP contribution < -0.4 is 4.90 Å². The summed E-state index contributed by atoms with van der Waals surface area (Å²) in [4.78, 5) is 5.03. The lowest BCUT2D eigenvalue weighted by Crippen LogP contribution is -2.42. The number of nitrogens with zero attached hydrogens (tertiary/aromatic N) is 2. The first kappa shape index (κ1) is 22.8. The summed E-state index contributed by atoms with van der Waals surface area (Å²) in [6, 6.07) is 37.6. The number of hydrogen-bond acceptors (Lipinski definition) is 2. The molecule has 2 aliphatic rings. The van der Waals surface area contributed by atoms with Crippen LogP contribution in [0.4, 0.5) is 15.8 Å². The van der Waals surface area contributed by atoms with Gasteiger partial charge >= 0.3 is 0 Å². The van der Waals surface area contributed by atoms with Gasteiger partial charge in [-0.15, -0.1) is 0 Å². The molecule has 2 heterocycles. The van der Waals surface area contributed by atoms with Crippen LogP contribution in [0.2, 0.25) is 0 Å². The fourth-order valence-corrected chi connectivity index (χ4v) is 5.90. The van der Waals surface area contributed by atoms with Gasteiger partial charge in [0.15, 0.2) is 0 Å². The maximum absolute atomic E-state index is 13.7. The summed E-state index contributed by atoms with van der Waals surface area (Å²) < 4.78 is 13.7. The van der Waals surface area contributed by atoms with Crippen molar-refractivity contribution in [2.45, 2.75) is 25.3 Å². The summed E-state index contributed by atoms with van der Waals surface area (Å²) in [7, 11) is 0. The number of fused-ring (bicyclic) bond motifs is 1. The molecule has 0 saturated carbocycles. The lowest BCUT2D eigenvalue weighted by atomic mass is 9.88. The Balaban J connectivity index is 1.23. The van der Waals surface area contributed by atoms with Gasteiger partial charge in [-0.25, -0.2) is 4.39 Å². The molecule has 36 heavy (non-hydrogen) atoms. The van der Waals surface area contributed by atoms with Crippen molar-refractivity contribution in [3.05, 3.63) is 137 Å². The van der Waals surface area contributed by atoms with E-state index in [1.165, 1.54) is 28.0 Å². The molecule has 2 aliphatic heterocycles. The molecule has 4 aromatic carbocycles. The Kier molecular flexibility index (Phi) is 6.40. The fraction of sp³-hybridized carbons (Fsp3) is 0.212. The molecule has 0 aliphatic carbocycles. The average Bonchev–Trinajstić information content (AvgIpc) is 3.29. The number of piperidine rings is 1. The Morgan fingerprint density at radius 3 is 1.92 bits per heavy atom. The SMILES string of the molecule is Fc1ccc(N2c3ccccc3CC2CN2CCC(=C(c3ccccc3)c3ccccc3)CC2)cc1. The van der Waals surface area contributed by atoms with Gasteiger partial charge in [0, 0.05) is 31.0 Å². The van der Waals surface area contributed by atoms with Crippen LogP contribution in [0.3, 0.4) is 0 Å². The highest BCUT2D eigenvalue weighted by Crippen LogP contribution is 2.39. The van der Waals surface area contributed by atoms with Gasteiger partial charge in [0.25, 0.3) is 0 Å². The van der Waals surface area contributed by atoms with Crippen molar-refractivity contribution in [1.29, 1.82) is 0 Å². The van der Waals surface area contributed by atoms with Crippen LogP contribution in [0, 0.1) is 5.82 Å². The Morgan fingerprint density at radius 1 is 0.694 bits per heavy atom. The number of likely N-dealkylation sites (tertiary alicyclic amines) is 1. The maximum Gasteiger partial charge on any atom is 0.123 e. The quantitative estimate of drug-likeness (QED) is 0.296. The van der Waals surface area contributed by atoms with Gasteiger partial charge in [-0.1, -0.05) is 84.4 Å². The first-order chi connectivity index (χ1) is 17.8. The van der Waals surface area contributed by atoms with E-state index < -0.39 is 0 Å². The largest absolute Gasteiger partial charge is 0.337 e. The molecular weight excluding hydrogens is 443 g/mol. The number of rotatable bonds is 5. The molecule has 0 N–H and O–H groups in total. The Labute approximate surface area is 213 Å². The molecule has 180 valence electrons. The van der Waals surface area contributed by atoms with E-state index in [0.29, 0.717) is 6.04 Å². The number of hydrogen-bond donors (Lipinski definition) is 0. The van der Waals surface area contributed by atoms with Gasteiger partial charge in [-0.3, -0.25) is 0 Å². The predicted molar refractivity (Wildman–Crippen MR) is 147 cm³/mol. The molecule has 0 radical (unpaired) electrons. The van der Waals surface area contributed by atoms with Crippen LogP contribution in [0.15, 0.2) is 115 Å². The molecule has 1 fully saturated rings. The maximum atomic E-state index is 13.7. The third kappa shape index (κ3) is 4.59. The van der Waals surface area contributed by atoms with E-state index in [1.807, 2.05) is 12.1 Å². The highest BCUT2D eigenvalue weighted by Gasteiger charge is 2.32. The number of halogens is 1. The van der Waals surface area contributed by atoms with Gasteiger partial charge in [0.05, 0.1) is 6.04 Å². The monoisotopic (exact) mass is 474 g/mol. The Morgan fingerprint density at radius 2 is 1.28 bits per heavy atom. The highest BCUT2D eigenvalue weighted by molar-refractivity contribution is 5.82. The molecule has 1 atom stereocenters. The number of para-hydroxylation sites is 1. The van der Waals surface area contributed by atoms with Crippen molar-refractivity contribution in [1.82, 2.24) is 4.90 Å². The van der Waals surface area contributed by atoms with Crippen molar-refractivity contribution in [3.63, 3.8) is 0 Å². The van der Waals surface area contributed by atoms with Crippen LogP contribution in [-0.4, -0.2) is 30.6 Å². The molecule has 6 rings (SSSR count). The molecule has 0 spiro atoms. The molecule has 0 amide bonds. The fourth-order valence-electron chi connectivity index (χ4n) is 5.90. The lowest BCUT2D eigenvalue weighted by Gasteiger charge is -2.35. The highest BCUT2D eigenvalue weighted by atomic mass is 19.1. The van der Waals surface area contributed by atoms with Crippen LogP contribution in [0.5, 0.6) is 0 Å². The second kappa shape index (κ2) is 10.1.